The van der Waals surface area contributed by atoms with Crippen LogP contribution in [0, 0.1) is 10.1 Å². The number of para-hydroxylation sites is 1. The maximum Gasteiger partial charge on any atom is 0.296 e. The summed E-state index contributed by atoms with van der Waals surface area (Å²) in [5.41, 5.74) is 0.202. The van der Waals surface area contributed by atoms with E-state index in [-0.39, 0.29) is 49.2 Å². The minimum Gasteiger partial charge on any atom is -0.456 e. The van der Waals surface area contributed by atoms with Gasteiger partial charge in [-0.2, -0.15) is 0 Å². The number of fused-ring (bicyclic) bond motifs is 2. The van der Waals surface area contributed by atoms with E-state index in [0.29, 0.717) is 11.3 Å². The first-order valence-electron chi connectivity index (χ1n) is 8.27. The Kier molecular flexibility index (Phi) is 5.06. The van der Waals surface area contributed by atoms with Crippen molar-refractivity contribution in [1.82, 2.24) is 0 Å². The SMILES string of the molecule is CC1(c2c3c(c([N+](=O)[O-])c(=C=O)c2=C=O)Cc2ccccc2O3)C=CC=C1.[W]. The van der Waals surface area contributed by atoms with Gasteiger partial charge in [0.2, 0.25) is 0 Å². The van der Waals surface area contributed by atoms with Crippen molar-refractivity contribution in [3.8, 4) is 11.5 Å². The molecule has 138 valence electrons. The molecule has 6 nitrogen and oxygen atoms in total. The standard InChI is InChI=1S/C21H13NO5.W/c1-21(8-4-5-9-21)18-15(11-23)16(12-24)19(22(25)26)14-10-13-6-2-3-7-17(13)27-20(14)18;/h2-9H,10H2,1H3;. The zero-order valence-electron chi connectivity index (χ0n) is 14.7. The molecule has 0 unspecified atom stereocenters. The van der Waals surface area contributed by atoms with Crippen molar-refractivity contribution in [3.05, 3.63) is 85.8 Å². The number of nitrogens with zero attached hydrogens (tertiary/aromatic N) is 1. The van der Waals surface area contributed by atoms with Gasteiger partial charge in [0.15, 0.2) is 5.22 Å². The molecular weight excluding hydrogens is 530 g/mol. The largest absolute Gasteiger partial charge is 0.456 e. The van der Waals surface area contributed by atoms with Gasteiger partial charge in [-0.3, -0.25) is 10.1 Å². The third-order valence-corrected chi connectivity index (χ3v) is 5.00. The van der Waals surface area contributed by atoms with Crippen molar-refractivity contribution in [1.29, 1.82) is 0 Å². The van der Waals surface area contributed by atoms with Crippen molar-refractivity contribution < 1.29 is 40.3 Å². The molecule has 0 atom stereocenters. The predicted molar refractivity (Wildman–Crippen MR) is 96.9 cm³/mol. The Morgan fingerprint density at radius 2 is 1.75 bits per heavy atom. The van der Waals surface area contributed by atoms with Crippen molar-refractivity contribution in [2.45, 2.75) is 18.8 Å². The van der Waals surface area contributed by atoms with Crippen LogP contribution in [0.3, 0.4) is 0 Å². The summed E-state index contributed by atoms with van der Waals surface area (Å²) in [4.78, 5) is 34.5. The third-order valence-electron chi connectivity index (χ3n) is 5.00. The van der Waals surface area contributed by atoms with E-state index < -0.39 is 16.0 Å². The first-order chi connectivity index (χ1) is 13.0. The fourth-order valence-corrected chi connectivity index (χ4v) is 3.74. The molecule has 0 N–H and O–H groups in total. The molecule has 28 heavy (non-hydrogen) atoms. The van der Waals surface area contributed by atoms with E-state index in [1.807, 2.05) is 43.4 Å². The number of ether oxygens (including phenoxy) is 1. The van der Waals surface area contributed by atoms with Crippen molar-refractivity contribution >= 4 is 17.6 Å². The van der Waals surface area contributed by atoms with Crippen molar-refractivity contribution in [3.63, 3.8) is 0 Å². The number of hydrogen-bond acceptors (Lipinski definition) is 5. The van der Waals surface area contributed by atoms with Crippen LogP contribution >= 0.6 is 0 Å². The molecule has 1 aliphatic heterocycles. The van der Waals surface area contributed by atoms with Crippen LogP contribution in [0.15, 0.2) is 48.6 Å². The number of hydrogen-bond donors (Lipinski definition) is 0. The third kappa shape index (κ3) is 2.80. The normalized spacial score (nSPS) is 14.8. The van der Waals surface area contributed by atoms with Gasteiger partial charge in [0.1, 0.15) is 23.4 Å². The number of carbonyl (C=O) groups excluding carboxylic acids is 2. The average molecular weight is 543 g/mol. The molecule has 0 radical (unpaired) electrons. The zero-order valence-corrected chi connectivity index (χ0v) is 17.7. The molecule has 0 amide bonds. The fourth-order valence-electron chi connectivity index (χ4n) is 3.74. The monoisotopic (exact) mass is 543 g/mol. The van der Waals surface area contributed by atoms with E-state index in [1.165, 1.54) is 0 Å². The fraction of sp³-hybridized carbons (Fsp3) is 0.143. The predicted octanol–water partition coefficient (Wildman–Crippen LogP) is 1.68. The molecule has 0 saturated heterocycles. The van der Waals surface area contributed by atoms with Gasteiger partial charge in [0, 0.05) is 38.5 Å². The molecule has 2 aromatic carbocycles. The van der Waals surface area contributed by atoms with E-state index in [4.69, 9.17) is 4.74 Å². The number of allylic oxidation sites excluding steroid dienone is 4. The molecular formula is C21H13NO5W. The van der Waals surface area contributed by atoms with Crippen LogP contribution in [0.2, 0.25) is 0 Å². The van der Waals surface area contributed by atoms with Gasteiger partial charge < -0.3 is 4.74 Å². The quantitative estimate of drug-likeness (QED) is 0.363. The average Bonchev–Trinajstić information content (AvgIpc) is 3.11. The molecule has 0 fully saturated rings. The van der Waals surface area contributed by atoms with Crippen LogP contribution in [0.1, 0.15) is 23.6 Å². The topological polar surface area (TPSA) is 86.5 Å². The smallest absolute Gasteiger partial charge is 0.296 e. The Morgan fingerprint density at radius 1 is 1.11 bits per heavy atom. The summed E-state index contributed by atoms with van der Waals surface area (Å²) in [6.45, 7) is 1.84. The molecule has 4 rings (SSSR count). The number of nitro benzene ring substituents is 1. The minimum atomic E-state index is -0.760. The van der Waals surface area contributed by atoms with Crippen LogP contribution in [0.4, 0.5) is 5.69 Å². The Labute approximate surface area is 173 Å². The summed E-state index contributed by atoms with van der Waals surface area (Å²) in [6.07, 6.45) is 7.51. The van der Waals surface area contributed by atoms with Crippen molar-refractivity contribution in [2.75, 3.05) is 0 Å². The molecule has 1 heterocycles. The number of nitro groups is 1. The van der Waals surface area contributed by atoms with E-state index in [9.17, 15) is 19.7 Å². The van der Waals surface area contributed by atoms with Gasteiger partial charge in [0.25, 0.3) is 5.69 Å². The number of benzene rings is 2. The summed E-state index contributed by atoms with van der Waals surface area (Å²) in [5.74, 6) is 4.11. The second-order valence-corrected chi connectivity index (χ2v) is 6.63. The van der Waals surface area contributed by atoms with Gasteiger partial charge in [-0.1, -0.05) is 42.5 Å². The maximum absolute atomic E-state index is 11.8. The summed E-state index contributed by atoms with van der Waals surface area (Å²) >= 11 is 0. The first kappa shape index (κ1) is 19.7. The van der Waals surface area contributed by atoms with Crippen molar-refractivity contribution in [2.24, 2.45) is 0 Å². The van der Waals surface area contributed by atoms with E-state index in [0.717, 1.165) is 5.56 Å². The summed E-state index contributed by atoms with van der Waals surface area (Å²) in [6, 6.07) is 7.18. The molecule has 2 aliphatic rings. The van der Waals surface area contributed by atoms with Crippen LogP contribution < -0.4 is 15.2 Å². The first-order valence-corrected chi connectivity index (χ1v) is 8.27. The Balaban J connectivity index is 0.00000225. The van der Waals surface area contributed by atoms with E-state index in [1.54, 1.807) is 24.0 Å². The Morgan fingerprint density at radius 3 is 2.36 bits per heavy atom. The van der Waals surface area contributed by atoms with Crippen LogP contribution in [-0.2, 0) is 42.5 Å². The molecule has 7 heteroatoms. The van der Waals surface area contributed by atoms with Gasteiger partial charge in [-0.15, -0.1) is 0 Å². The molecule has 0 bridgehead atoms. The Bertz CT molecular complexity index is 1220. The van der Waals surface area contributed by atoms with Gasteiger partial charge in [-0.05, 0) is 18.6 Å². The minimum absolute atomic E-state index is 0. The molecule has 0 spiro atoms. The number of rotatable bonds is 2. The van der Waals surface area contributed by atoms with Crippen LogP contribution in [0.25, 0.3) is 0 Å². The van der Waals surface area contributed by atoms with Gasteiger partial charge >= 0.3 is 0 Å². The molecule has 0 saturated carbocycles. The second kappa shape index (κ2) is 7.18. The summed E-state index contributed by atoms with van der Waals surface area (Å²) < 4.78 is 6.04. The molecule has 2 aromatic rings. The van der Waals surface area contributed by atoms with Gasteiger partial charge in [-0.25, -0.2) is 9.59 Å². The van der Waals surface area contributed by atoms with E-state index in [2.05, 4.69) is 0 Å². The van der Waals surface area contributed by atoms with Crippen LogP contribution in [-0.4, -0.2) is 16.8 Å². The summed E-state index contributed by atoms with van der Waals surface area (Å²) in [5, 5.41) is 11.2. The van der Waals surface area contributed by atoms with Gasteiger partial charge in [0.05, 0.1) is 15.7 Å². The molecule has 0 aromatic heterocycles. The maximum atomic E-state index is 11.8. The summed E-state index contributed by atoms with van der Waals surface area (Å²) in [7, 11) is 0. The van der Waals surface area contributed by atoms with Crippen LogP contribution in [0.5, 0.6) is 11.5 Å². The molecule has 1 aliphatic carbocycles. The second-order valence-electron chi connectivity index (χ2n) is 6.63. The Hall–Kier alpha value is -3.03. The zero-order chi connectivity index (χ0) is 19.2. The van der Waals surface area contributed by atoms with E-state index >= 15 is 0 Å².